The van der Waals surface area contributed by atoms with Crippen molar-refractivity contribution < 1.29 is 14.3 Å². The Kier molecular flexibility index (Phi) is 4.51. The Morgan fingerprint density at radius 2 is 1.70 bits per heavy atom. The Bertz CT molecular complexity index is 704. The minimum Gasteiger partial charge on any atom is -0.486 e. The zero-order valence-electron chi connectivity index (χ0n) is 13.5. The number of hydrogen-bond acceptors (Lipinski definition) is 3. The molecule has 4 heteroatoms. The summed E-state index contributed by atoms with van der Waals surface area (Å²) in [6, 6.07) is 11.9. The Morgan fingerprint density at radius 3 is 2.43 bits per heavy atom. The summed E-state index contributed by atoms with van der Waals surface area (Å²) in [7, 11) is 0. The quantitative estimate of drug-likeness (QED) is 0.937. The molecule has 0 aliphatic carbocycles. The van der Waals surface area contributed by atoms with Crippen molar-refractivity contribution >= 4 is 11.6 Å². The van der Waals surface area contributed by atoms with Gasteiger partial charge in [-0.3, -0.25) is 4.79 Å². The van der Waals surface area contributed by atoms with E-state index in [0.717, 1.165) is 33.9 Å². The SMILES string of the molecule is Cc1cc(C)cc(NC(=O)CCc2ccc3c(c2)OCCO3)c1. The standard InChI is InChI=1S/C19H21NO3/c1-13-9-14(2)11-16(10-13)20-19(21)6-4-15-3-5-17-18(12-15)23-8-7-22-17/h3,5,9-12H,4,6-8H2,1-2H3,(H,20,21). The van der Waals surface area contributed by atoms with Gasteiger partial charge in [-0.2, -0.15) is 0 Å². The lowest BCUT2D eigenvalue weighted by molar-refractivity contribution is -0.116. The molecule has 1 heterocycles. The van der Waals surface area contributed by atoms with Crippen molar-refractivity contribution in [3.05, 3.63) is 53.1 Å². The van der Waals surface area contributed by atoms with E-state index < -0.39 is 0 Å². The van der Waals surface area contributed by atoms with Crippen LogP contribution >= 0.6 is 0 Å². The fourth-order valence-electron chi connectivity index (χ4n) is 2.77. The van der Waals surface area contributed by atoms with E-state index in [1.807, 2.05) is 44.2 Å². The minimum absolute atomic E-state index is 0.0184. The molecule has 0 saturated carbocycles. The van der Waals surface area contributed by atoms with E-state index >= 15 is 0 Å². The molecule has 0 bridgehead atoms. The predicted octanol–water partition coefficient (Wildman–Crippen LogP) is 3.65. The normalized spacial score (nSPS) is 12.8. The van der Waals surface area contributed by atoms with Crippen molar-refractivity contribution in [2.24, 2.45) is 0 Å². The monoisotopic (exact) mass is 311 g/mol. The lowest BCUT2D eigenvalue weighted by Gasteiger charge is -2.18. The van der Waals surface area contributed by atoms with Crippen molar-refractivity contribution in [1.29, 1.82) is 0 Å². The summed E-state index contributed by atoms with van der Waals surface area (Å²) in [6.07, 6.45) is 1.11. The molecular weight excluding hydrogens is 290 g/mol. The number of fused-ring (bicyclic) bond motifs is 1. The molecule has 4 nitrogen and oxygen atoms in total. The first-order chi connectivity index (χ1) is 11.1. The number of nitrogens with one attached hydrogen (secondary N) is 1. The van der Waals surface area contributed by atoms with E-state index in [1.54, 1.807) is 0 Å². The molecule has 1 aliphatic heterocycles. The Hall–Kier alpha value is -2.49. The molecule has 0 atom stereocenters. The van der Waals surface area contributed by atoms with Gasteiger partial charge in [0.1, 0.15) is 13.2 Å². The van der Waals surface area contributed by atoms with Gasteiger partial charge in [0.25, 0.3) is 0 Å². The number of amides is 1. The molecule has 120 valence electrons. The largest absolute Gasteiger partial charge is 0.486 e. The van der Waals surface area contributed by atoms with Crippen LogP contribution in [0.3, 0.4) is 0 Å². The maximum atomic E-state index is 12.1. The van der Waals surface area contributed by atoms with Crippen LogP contribution in [-0.4, -0.2) is 19.1 Å². The van der Waals surface area contributed by atoms with Gasteiger partial charge < -0.3 is 14.8 Å². The Morgan fingerprint density at radius 1 is 1.00 bits per heavy atom. The maximum Gasteiger partial charge on any atom is 0.224 e. The van der Waals surface area contributed by atoms with Crippen molar-refractivity contribution in [2.45, 2.75) is 26.7 Å². The highest BCUT2D eigenvalue weighted by Crippen LogP contribution is 2.31. The summed E-state index contributed by atoms with van der Waals surface area (Å²) < 4.78 is 11.1. The number of aryl methyl sites for hydroxylation is 3. The molecule has 0 spiro atoms. The fraction of sp³-hybridized carbons (Fsp3) is 0.316. The Balaban J connectivity index is 1.58. The van der Waals surface area contributed by atoms with Crippen molar-refractivity contribution in [3.8, 4) is 11.5 Å². The lowest BCUT2D eigenvalue weighted by Crippen LogP contribution is -2.16. The molecule has 1 N–H and O–H groups in total. The number of benzene rings is 2. The molecular formula is C19H21NO3. The van der Waals surface area contributed by atoms with Crippen LogP contribution in [0.4, 0.5) is 5.69 Å². The van der Waals surface area contributed by atoms with Crippen LogP contribution in [-0.2, 0) is 11.2 Å². The third kappa shape index (κ3) is 4.03. The van der Waals surface area contributed by atoms with Crippen LogP contribution in [0, 0.1) is 13.8 Å². The fourth-order valence-corrected chi connectivity index (χ4v) is 2.77. The molecule has 0 fully saturated rings. The second kappa shape index (κ2) is 6.73. The van der Waals surface area contributed by atoms with Gasteiger partial charge in [-0.05, 0) is 61.2 Å². The molecule has 23 heavy (non-hydrogen) atoms. The second-order valence-electron chi connectivity index (χ2n) is 5.90. The van der Waals surface area contributed by atoms with Gasteiger partial charge in [0.2, 0.25) is 5.91 Å². The summed E-state index contributed by atoms with van der Waals surface area (Å²) in [5, 5.41) is 2.96. The lowest BCUT2D eigenvalue weighted by atomic mass is 10.1. The molecule has 2 aromatic rings. The average Bonchev–Trinajstić information content (AvgIpc) is 2.52. The third-order valence-electron chi connectivity index (χ3n) is 3.75. The van der Waals surface area contributed by atoms with E-state index in [1.165, 1.54) is 0 Å². The van der Waals surface area contributed by atoms with Gasteiger partial charge in [0.05, 0.1) is 0 Å². The van der Waals surface area contributed by atoms with Crippen LogP contribution in [0.5, 0.6) is 11.5 Å². The molecule has 0 aromatic heterocycles. The first kappa shape index (κ1) is 15.4. The number of anilines is 1. The summed E-state index contributed by atoms with van der Waals surface area (Å²) in [5.74, 6) is 1.56. The number of carbonyl (C=O) groups excluding carboxylic acids is 1. The molecule has 3 rings (SSSR count). The summed E-state index contributed by atoms with van der Waals surface area (Å²) in [6.45, 7) is 5.21. The summed E-state index contributed by atoms with van der Waals surface area (Å²) >= 11 is 0. The van der Waals surface area contributed by atoms with Crippen LogP contribution < -0.4 is 14.8 Å². The van der Waals surface area contributed by atoms with Gasteiger partial charge in [0, 0.05) is 12.1 Å². The van der Waals surface area contributed by atoms with E-state index in [4.69, 9.17) is 9.47 Å². The topological polar surface area (TPSA) is 47.6 Å². The number of carbonyl (C=O) groups is 1. The molecule has 0 radical (unpaired) electrons. The molecule has 0 unspecified atom stereocenters. The van der Waals surface area contributed by atoms with E-state index in [0.29, 0.717) is 26.1 Å². The highest BCUT2D eigenvalue weighted by atomic mass is 16.6. The maximum absolute atomic E-state index is 12.1. The molecule has 0 saturated heterocycles. The third-order valence-corrected chi connectivity index (χ3v) is 3.75. The Labute approximate surface area is 136 Å². The molecule has 1 aliphatic rings. The first-order valence-electron chi connectivity index (χ1n) is 7.87. The molecule has 2 aromatic carbocycles. The highest BCUT2D eigenvalue weighted by molar-refractivity contribution is 5.91. The number of rotatable bonds is 4. The predicted molar refractivity (Wildman–Crippen MR) is 90.3 cm³/mol. The van der Waals surface area contributed by atoms with E-state index in [9.17, 15) is 4.79 Å². The van der Waals surface area contributed by atoms with Gasteiger partial charge in [0.15, 0.2) is 11.5 Å². The second-order valence-corrected chi connectivity index (χ2v) is 5.90. The van der Waals surface area contributed by atoms with Gasteiger partial charge in [-0.15, -0.1) is 0 Å². The van der Waals surface area contributed by atoms with Crippen molar-refractivity contribution in [3.63, 3.8) is 0 Å². The molecule has 1 amide bonds. The van der Waals surface area contributed by atoms with E-state index in [-0.39, 0.29) is 5.91 Å². The van der Waals surface area contributed by atoms with Crippen LogP contribution in [0.2, 0.25) is 0 Å². The van der Waals surface area contributed by atoms with Crippen LogP contribution in [0.1, 0.15) is 23.1 Å². The minimum atomic E-state index is 0.0184. The van der Waals surface area contributed by atoms with Crippen molar-refractivity contribution in [2.75, 3.05) is 18.5 Å². The zero-order valence-corrected chi connectivity index (χ0v) is 13.5. The van der Waals surface area contributed by atoms with Crippen molar-refractivity contribution in [1.82, 2.24) is 0 Å². The highest BCUT2D eigenvalue weighted by Gasteiger charge is 2.12. The van der Waals surface area contributed by atoms with Gasteiger partial charge in [-0.25, -0.2) is 0 Å². The summed E-state index contributed by atoms with van der Waals surface area (Å²) in [5.41, 5.74) is 4.22. The zero-order chi connectivity index (χ0) is 16.2. The van der Waals surface area contributed by atoms with Gasteiger partial charge >= 0.3 is 0 Å². The van der Waals surface area contributed by atoms with Gasteiger partial charge in [-0.1, -0.05) is 12.1 Å². The number of hydrogen-bond donors (Lipinski definition) is 1. The van der Waals surface area contributed by atoms with E-state index in [2.05, 4.69) is 11.4 Å². The first-order valence-corrected chi connectivity index (χ1v) is 7.87. The number of ether oxygens (including phenoxy) is 2. The summed E-state index contributed by atoms with van der Waals surface area (Å²) in [4.78, 5) is 12.1. The van der Waals surface area contributed by atoms with Crippen LogP contribution in [0.25, 0.3) is 0 Å². The van der Waals surface area contributed by atoms with Crippen LogP contribution in [0.15, 0.2) is 36.4 Å². The average molecular weight is 311 g/mol. The smallest absolute Gasteiger partial charge is 0.224 e.